The molecule has 0 amide bonds. The molecule has 0 spiro atoms. The number of fused-ring (bicyclic) bond motifs is 1. The van der Waals surface area contributed by atoms with Crippen LogP contribution in [0, 0.1) is 6.92 Å². The van der Waals surface area contributed by atoms with Gasteiger partial charge in [-0.2, -0.15) is 0 Å². The summed E-state index contributed by atoms with van der Waals surface area (Å²) in [7, 11) is 0. The highest BCUT2D eigenvalue weighted by Crippen LogP contribution is 2.26. The maximum absolute atomic E-state index is 5.68. The van der Waals surface area contributed by atoms with E-state index in [2.05, 4.69) is 21.0 Å². The summed E-state index contributed by atoms with van der Waals surface area (Å²) in [5.74, 6) is 0. The Kier molecular flexibility index (Phi) is 1.97. The molecule has 2 heterocycles. The van der Waals surface area contributed by atoms with Crippen molar-refractivity contribution >= 4 is 22.0 Å². The van der Waals surface area contributed by atoms with Crippen molar-refractivity contribution in [3.8, 4) is 11.3 Å². The van der Waals surface area contributed by atoms with E-state index < -0.39 is 0 Å². The molecule has 3 rings (SSSR count). The zero-order valence-electron chi connectivity index (χ0n) is 8.84. The Bertz CT molecular complexity index is 634. The molecule has 80 valence electrons. The fraction of sp³-hybridized carbons (Fsp3) is 0.0833. The SMILES string of the molecule is Cc1cn2c(-c3ccc(N)cc3)csc2n1. The molecule has 1 aromatic carbocycles. The van der Waals surface area contributed by atoms with Crippen molar-refractivity contribution < 1.29 is 0 Å². The van der Waals surface area contributed by atoms with Gasteiger partial charge in [-0.3, -0.25) is 4.40 Å². The first-order chi connectivity index (χ1) is 7.74. The molecule has 0 atom stereocenters. The van der Waals surface area contributed by atoms with Crippen LogP contribution < -0.4 is 5.73 Å². The summed E-state index contributed by atoms with van der Waals surface area (Å²) < 4.78 is 2.12. The van der Waals surface area contributed by atoms with Crippen LogP contribution in [0.2, 0.25) is 0 Å². The van der Waals surface area contributed by atoms with Crippen LogP contribution in [0.15, 0.2) is 35.8 Å². The van der Waals surface area contributed by atoms with Gasteiger partial charge in [0.15, 0.2) is 4.96 Å². The molecule has 16 heavy (non-hydrogen) atoms. The van der Waals surface area contributed by atoms with Crippen molar-refractivity contribution in [2.75, 3.05) is 5.73 Å². The molecule has 4 heteroatoms. The largest absolute Gasteiger partial charge is 0.399 e. The van der Waals surface area contributed by atoms with Crippen molar-refractivity contribution in [1.82, 2.24) is 9.38 Å². The van der Waals surface area contributed by atoms with Gasteiger partial charge in [0.2, 0.25) is 0 Å². The molecule has 0 bridgehead atoms. The molecule has 0 aliphatic rings. The Morgan fingerprint density at radius 2 is 2.00 bits per heavy atom. The lowest BCUT2D eigenvalue weighted by atomic mass is 10.1. The van der Waals surface area contributed by atoms with Gasteiger partial charge >= 0.3 is 0 Å². The molecule has 0 fully saturated rings. The van der Waals surface area contributed by atoms with Crippen LogP contribution in [0.5, 0.6) is 0 Å². The smallest absolute Gasteiger partial charge is 0.194 e. The summed E-state index contributed by atoms with van der Waals surface area (Å²) in [6.07, 6.45) is 2.05. The van der Waals surface area contributed by atoms with Crippen LogP contribution >= 0.6 is 11.3 Å². The number of hydrogen-bond donors (Lipinski definition) is 1. The molecule has 2 aromatic heterocycles. The van der Waals surface area contributed by atoms with Crippen molar-refractivity contribution in [3.63, 3.8) is 0 Å². The zero-order valence-corrected chi connectivity index (χ0v) is 9.66. The third-order valence-corrected chi connectivity index (χ3v) is 3.38. The van der Waals surface area contributed by atoms with Crippen molar-refractivity contribution in [1.29, 1.82) is 0 Å². The molecule has 3 nitrogen and oxygen atoms in total. The predicted octanol–water partition coefficient (Wildman–Crippen LogP) is 2.95. The minimum atomic E-state index is 0.789. The first-order valence-electron chi connectivity index (χ1n) is 5.03. The number of benzene rings is 1. The fourth-order valence-corrected chi connectivity index (χ4v) is 2.69. The van der Waals surface area contributed by atoms with E-state index in [9.17, 15) is 0 Å². The van der Waals surface area contributed by atoms with Gasteiger partial charge in [-0.1, -0.05) is 12.1 Å². The van der Waals surface area contributed by atoms with Crippen LogP contribution in [0.3, 0.4) is 0 Å². The molecule has 0 aliphatic heterocycles. The van der Waals surface area contributed by atoms with Crippen LogP contribution in [0.25, 0.3) is 16.2 Å². The lowest BCUT2D eigenvalue weighted by molar-refractivity contribution is 1.23. The Balaban J connectivity index is 2.21. The van der Waals surface area contributed by atoms with Crippen molar-refractivity contribution in [3.05, 3.63) is 41.5 Å². The van der Waals surface area contributed by atoms with Gasteiger partial charge in [-0.15, -0.1) is 11.3 Å². The van der Waals surface area contributed by atoms with E-state index >= 15 is 0 Å². The number of rotatable bonds is 1. The third-order valence-electron chi connectivity index (χ3n) is 2.54. The summed E-state index contributed by atoms with van der Waals surface area (Å²) in [6.45, 7) is 2.01. The van der Waals surface area contributed by atoms with E-state index in [1.54, 1.807) is 11.3 Å². The number of thiazole rings is 1. The Morgan fingerprint density at radius 1 is 1.25 bits per heavy atom. The average Bonchev–Trinajstić information content (AvgIpc) is 2.78. The highest BCUT2D eigenvalue weighted by molar-refractivity contribution is 7.15. The standard InChI is InChI=1S/C12H11N3S/c1-8-6-15-11(7-16-12(15)14-8)9-2-4-10(13)5-3-9/h2-7H,13H2,1H3. The molecular weight excluding hydrogens is 218 g/mol. The maximum Gasteiger partial charge on any atom is 0.194 e. The monoisotopic (exact) mass is 229 g/mol. The van der Waals surface area contributed by atoms with E-state index in [4.69, 9.17) is 5.73 Å². The highest BCUT2D eigenvalue weighted by atomic mass is 32.1. The van der Waals surface area contributed by atoms with Crippen molar-refractivity contribution in [2.45, 2.75) is 6.92 Å². The van der Waals surface area contributed by atoms with Gasteiger partial charge in [0, 0.05) is 17.3 Å². The van der Waals surface area contributed by atoms with E-state index in [1.807, 2.05) is 31.2 Å². The molecule has 0 radical (unpaired) electrons. The second-order valence-electron chi connectivity index (χ2n) is 3.78. The maximum atomic E-state index is 5.68. The Hall–Kier alpha value is -1.81. The zero-order chi connectivity index (χ0) is 11.1. The number of anilines is 1. The molecule has 0 saturated heterocycles. The van der Waals surface area contributed by atoms with E-state index in [0.717, 1.165) is 21.9 Å². The molecular formula is C12H11N3S. The number of imidazole rings is 1. The Morgan fingerprint density at radius 3 is 2.75 bits per heavy atom. The molecule has 0 saturated carbocycles. The first-order valence-corrected chi connectivity index (χ1v) is 5.91. The van der Waals surface area contributed by atoms with E-state index in [1.165, 1.54) is 5.69 Å². The summed E-state index contributed by atoms with van der Waals surface area (Å²) >= 11 is 1.65. The van der Waals surface area contributed by atoms with Gasteiger partial charge < -0.3 is 5.73 Å². The number of aryl methyl sites for hydroxylation is 1. The lowest BCUT2D eigenvalue weighted by Crippen LogP contribution is -1.86. The molecule has 2 N–H and O–H groups in total. The topological polar surface area (TPSA) is 43.3 Å². The Labute approximate surface area is 97.2 Å². The number of aromatic nitrogens is 2. The van der Waals surface area contributed by atoms with E-state index in [-0.39, 0.29) is 0 Å². The van der Waals surface area contributed by atoms with Crippen LogP contribution in [-0.2, 0) is 0 Å². The van der Waals surface area contributed by atoms with Crippen LogP contribution in [-0.4, -0.2) is 9.38 Å². The highest BCUT2D eigenvalue weighted by Gasteiger charge is 2.07. The summed E-state index contributed by atoms with van der Waals surface area (Å²) in [5.41, 5.74) is 9.85. The number of hydrogen-bond acceptors (Lipinski definition) is 3. The summed E-state index contributed by atoms with van der Waals surface area (Å²) in [6, 6.07) is 7.91. The number of nitrogens with two attached hydrogens (primary N) is 1. The first kappa shape index (κ1) is 9.42. The van der Waals surface area contributed by atoms with Crippen molar-refractivity contribution in [2.24, 2.45) is 0 Å². The normalized spacial score (nSPS) is 11.1. The molecule has 0 unspecified atom stereocenters. The van der Waals surface area contributed by atoms with Gasteiger partial charge in [-0.05, 0) is 24.6 Å². The fourth-order valence-electron chi connectivity index (χ4n) is 1.76. The summed E-state index contributed by atoms with van der Waals surface area (Å²) in [5, 5.41) is 2.12. The second kappa shape index (κ2) is 3.35. The van der Waals surface area contributed by atoms with Gasteiger partial charge in [0.05, 0.1) is 11.4 Å². The van der Waals surface area contributed by atoms with E-state index in [0.29, 0.717) is 0 Å². The van der Waals surface area contributed by atoms with Gasteiger partial charge in [0.1, 0.15) is 0 Å². The van der Waals surface area contributed by atoms with Gasteiger partial charge in [-0.25, -0.2) is 4.98 Å². The minimum Gasteiger partial charge on any atom is -0.399 e. The number of nitrogens with zero attached hydrogens (tertiary/aromatic N) is 2. The summed E-state index contributed by atoms with van der Waals surface area (Å²) in [4.78, 5) is 5.47. The quantitative estimate of drug-likeness (QED) is 0.652. The minimum absolute atomic E-state index is 0.789. The second-order valence-corrected chi connectivity index (χ2v) is 4.61. The van der Waals surface area contributed by atoms with Crippen LogP contribution in [0.1, 0.15) is 5.69 Å². The lowest BCUT2D eigenvalue weighted by Gasteiger charge is -1.99. The average molecular weight is 229 g/mol. The third kappa shape index (κ3) is 1.39. The van der Waals surface area contributed by atoms with Gasteiger partial charge in [0.25, 0.3) is 0 Å². The molecule has 0 aliphatic carbocycles. The predicted molar refractivity (Wildman–Crippen MR) is 67.7 cm³/mol. The van der Waals surface area contributed by atoms with Crippen LogP contribution in [0.4, 0.5) is 5.69 Å². The number of nitrogen functional groups attached to an aromatic ring is 1. The molecule has 3 aromatic rings.